The number of ether oxygens (including phenoxy) is 1. The van der Waals surface area contributed by atoms with E-state index in [2.05, 4.69) is 32.7 Å². The highest BCUT2D eigenvalue weighted by atomic mass is 32.1. The monoisotopic (exact) mass is 357 g/mol. The molecule has 4 rings (SSSR count). The molecule has 6 heteroatoms. The van der Waals surface area contributed by atoms with E-state index in [1.165, 1.54) is 4.88 Å². The third-order valence-electron chi connectivity index (χ3n) is 5.11. The molecule has 4 heterocycles. The van der Waals surface area contributed by atoms with E-state index < -0.39 is 0 Å². The molecule has 0 aliphatic carbocycles. The number of hydrogen-bond donors (Lipinski definition) is 1. The predicted octanol–water partition coefficient (Wildman–Crippen LogP) is 2.70. The van der Waals surface area contributed by atoms with Crippen LogP contribution < -0.4 is 5.32 Å². The van der Waals surface area contributed by atoms with Gasteiger partial charge in [-0.05, 0) is 42.8 Å². The van der Waals surface area contributed by atoms with Crippen LogP contribution in [0.15, 0.2) is 42.0 Å². The van der Waals surface area contributed by atoms with E-state index in [1.807, 2.05) is 0 Å². The van der Waals surface area contributed by atoms with Crippen molar-refractivity contribution in [3.05, 3.63) is 52.5 Å². The highest BCUT2D eigenvalue weighted by molar-refractivity contribution is 7.09. The zero-order valence-electron chi connectivity index (χ0n) is 14.2. The Balaban J connectivity index is 1.35. The number of rotatable bonds is 4. The van der Waals surface area contributed by atoms with Gasteiger partial charge in [-0.3, -0.25) is 14.7 Å². The van der Waals surface area contributed by atoms with Crippen molar-refractivity contribution in [1.82, 2.24) is 15.2 Å². The molecule has 5 nitrogen and oxygen atoms in total. The topological polar surface area (TPSA) is 54.5 Å². The first kappa shape index (κ1) is 16.7. The lowest BCUT2D eigenvalue weighted by atomic mass is 9.89. The van der Waals surface area contributed by atoms with Gasteiger partial charge in [0.2, 0.25) is 0 Å². The Labute approximate surface area is 152 Å². The molecule has 0 aromatic carbocycles. The number of pyridine rings is 1. The molecule has 2 fully saturated rings. The summed E-state index contributed by atoms with van der Waals surface area (Å²) in [4.78, 5) is 20.3. The summed E-state index contributed by atoms with van der Waals surface area (Å²) in [5.41, 5.74) is 0.511. The molecule has 132 valence electrons. The van der Waals surface area contributed by atoms with E-state index in [1.54, 1.807) is 35.9 Å². The zero-order valence-corrected chi connectivity index (χ0v) is 15.0. The van der Waals surface area contributed by atoms with Crippen molar-refractivity contribution >= 4 is 17.2 Å². The fraction of sp³-hybridized carbons (Fsp3) is 0.474. The molecule has 2 aromatic heterocycles. The molecule has 2 aromatic rings. The summed E-state index contributed by atoms with van der Waals surface area (Å²) >= 11 is 1.81. The van der Waals surface area contributed by atoms with Crippen LogP contribution in [-0.4, -0.2) is 47.1 Å². The van der Waals surface area contributed by atoms with Crippen LogP contribution in [0.4, 0.5) is 0 Å². The Hall–Kier alpha value is -1.76. The van der Waals surface area contributed by atoms with Gasteiger partial charge in [-0.15, -0.1) is 11.3 Å². The molecule has 2 atom stereocenters. The van der Waals surface area contributed by atoms with Crippen LogP contribution in [0.2, 0.25) is 0 Å². The number of aromatic nitrogens is 1. The van der Waals surface area contributed by atoms with E-state index in [-0.39, 0.29) is 17.6 Å². The van der Waals surface area contributed by atoms with Crippen molar-refractivity contribution < 1.29 is 9.53 Å². The molecule has 2 saturated heterocycles. The van der Waals surface area contributed by atoms with Crippen LogP contribution in [0.1, 0.15) is 34.5 Å². The van der Waals surface area contributed by atoms with Crippen LogP contribution in [0.5, 0.6) is 0 Å². The average Bonchev–Trinajstić information content (AvgIpc) is 3.27. The third-order valence-corrected chi connectivity index (χ3v) is 5.97. The first-order valence-electron chi connectivity index (χ1n) is 8.82. The van der Waals surface area contributed by atoms with E-state index >= 15 is 0 Å². The number of nitrogens with zero attached hydrogens (tertiary/aromatic N) is 2. The number of amides is 1. The molecule has 0 saturated carbocycles. The minimum atomic E-state index is -0.109. The second-order valence-corrected chi connectivity index (χ2v) is 8.01. The molecule has 1 N–H and O–H groups in total. The Morgan fingerprint density at radius 2 is 2.40 bits per heavy atom. The van der Waals surface area contributed by atoms with Gasteiger partial charge in [0, 0.05) is 49.6 Å². The first-order chi connectivity index (χ1) is 12.2. The second kappa shape index (κ2) is 7.23. The molecule has 25 heavy (non-hydrogen) atoms. The summed E-state index contributed by atoms with van der Waals surface area (Å²) in [6.45, 7) is 3.71. The van der Waals surface area contributed by atoms with E-state index in [9.17, 15) is 4.79 Å². The SMILES string of the molecule is O=C(N[C@@H]1CCO[C@]2(CCN(Cc3cccs3)C2)C1)c1cccnc1. The average molecular weight is 357 g/mol. The zero-order chi connectivity index (χ0) is 17.1. The molecule has 0 radical (unpaired) electrons. The fourth-order valence-corrected chi connectivity index (χ4v) is 4.63. The van der Waals surface area contributed by atoms with Gasteiger partial charge >= 0.3 is 0 Å². The highest BCUT2D eigenvalue weighted by Crippen LogP contribution is 2.35. The third kappa shape index (κ3) is 3.92. The first-order valence-corrected chi connectivity index (χ1v) is 9.70. The molecular formula is C19H23N3O2S. The number of thiophene rings is 1. The van der Waals surface area contributed by atoms with Crippen LogP contribution in [0.3, 0.4) is 0 Å². The lowest BCUT2D eigenvalue weighted by Gasteiger charge is -2.38. The highest BCUT2D eigenvalue weighted by Gasteiger charge is 2.43. The van der Waals surface area contributed by atoms with Crippen molar-refractivity contribution in [3.8, 4) is 0 Å². The Bertz CT molecular complexity index is 707. The van der Waals surface area contributed by atoms with Gasteiger partial charge in [-0.25, -0.2) is 0 Å². The summed E-state index contributed by atoms with van der Waals surface area (Å²) in [6.07, 6.45) is 6.10. The fourth-order valence-electron chi connectivity index (χ4n) is 3.89. The number of carbonyl (C=O) groups is 1. The van der Waals surface area contributed by atoms with Crippen molar-refractivity contribution in [2.45, 2.75) is 37.5 Å². The van der Waals surface area contributed by atoms with Gasteiger partial charge in [-0.1, -0.05) is 6.07 Å². The number of carbonyl (C=O) groups excluding carboxylic acids is 1. The lowest BCUT2D eigenvalue weighted by Crippen LogP contribution is -2.49. The quantitative estimate of drug-likeness (QED) is 0.914. The van der Waals surface area contributed by atoms with Gasteiger partial charge in [0.05, 0.1) is 11.2 Å². The lowest BCUT2D eigenvalue weighted by molar-refractivity contribution is -0.0792. The summed E-state index contributed by atoms with van der Waals surface area (Å²) in [5.74, 6) is -0.0383. The van der Waals surface area contributed by atoms with E-state index in [0.29, 0.717) is 12.2 Å². The standard InChI is InChI=1S/C19H23N3O2S/c23-18(15-3-1-7-20-12-15)21-16-5-9-24-19(11-16)6-8-22(14-19)13-17-4-2-10-25-17/h1-4,7,10,12,16H,5-6,8-9,11,13-14H2,(H,21,23)/t16-,19-/m1/s1. The van der Waals surface area contributed by atoms with Crippen LogP contribution in [0, 0.1) is 0 Å². The van der Waals surface area contributed by atoms with Gasteiger partial charge in [0.25, 0.3) is 5.91 Å². The molecular weight excluding hydrogens is 334 g/mol. The summed E-state index contributed by atoms with van der Waals surface area (Å²) in [5, 5.41) is 5.30. The molecule has 1 amide bonds. The Morgan fingerprint density at radius 1 is 1.44 bits per heavy atom. The maximum absolute atomic E-state index is 12.4. The molecule has 2 aliphatic heterocycles. The van der Waals surface area contributed by atoms with Gasteiger partial charge in [0.15, 0.2) is 0 Å². The van der Waals surface area contributed by atoms with Crippen LogP contribution in [0.25, 0.3) is 0 Å². The maximum atomic E-state index is 12.4. The summed E-state index contributed by atoms with van der Waals surface area (Å²) < 4.78 is 6.19. The largest absolute Gasteiger partial charge is 0.373 e. The van der Waals surface area contributed by atoms with Crippen molar-refractivity contribution in [2.24, 2.45) is 0 Å². The van der Waals surface area contributed by atoms with E-state index in [0.717, 1.165) is 38.9 Å². The smallest absolute Gasteiger partial charge is 0.253 e. The van der Waals surface area contributed by atoms with Crippen molar-refractivity contribution in [2.75, 3.05) is 19.7 Å². The number of likely N-dealkylation sites (tertiary alicyclic amines) is 1. The predicted molar refractivity (Wildman–Crippen MR) is 97.6 cm³/mol. The normalized spacial score (nSPS) is 26.8. The minimum Gasteiger partial charge on any atom is -0.373 e. The van der Waals surface area contributed by atoms with Crippen molar-refractivity contribution in [1.29, 1.82) is 0 Å². The second-order valence-electron chi connectivity index (χ2n) is 6.98. The summed E-state index contributed by atoms with van der Waals surface area (Å²) in [7, 11) is 0. The Morgan fingerprint density at radius 3 is 3.20 bits per heavy atom. The molecule has 0 unspecified atom stereocenters. The van der Waals surface area contributed by atoms with E-state index in [4.69, 9.17) is 4.74 Å². The molecule has 2 aliphatic rings. The summed E-state index contributed by atoms with van der Waals surface area (Å²) in [6, 6.07) is 8.06. The van der Waals surface area contributed by atoms with Crippen LogP contribution in [-0.2, 0) is 11.3 Å². The minimum absolute atomic E-state index is 0.0383. The maximum Gasteiger partial charge on any atom is 0.253 e. The molecule has 1 spiro atoms. The van der Waals surface area contributed by atoms with Gasteiger partial charge < -0.3 is 10.1 Å². The van der Waals surface area contributed by atoms with Gasteiger partial charge in [-0.2, -0.15) is 0 Å². The van der Waals surface area contributed by atoms with Gasteiger partial charge in [0.1, 0.15) is 0 Å². The number of hydrogen-bond acceptors (Lipinski definition) is 5. The number of nitrogens with one attached hydrogen (secondary N) is 1. The Kier molecular flexibility index (Phi) is 4.83. The van der Waals surface area contributed by atoms with Crippen molar-refractivity contribution in [3.63, 3.8) is 0 Å². The molecule has 0 bridgehead atoms. The van der Waals surface area contributed by atoms with Crippen LogP contribution >= 0.6 is 11.3 Å².